The topological polar surface area (TPSA) is 34.1 Å². The van der Waals surface area contributed by atoms with Gasteiger partial charge in [0.2, 0.25) is 0 Å². The van der Waals surface area contributed by atoms with Crippen LogP contribution in [0.2, 0.25) is 0 Å². The second-order valence-electron chi connectivity index (χ2n) is 4.91. The number of thiazole rings is 1. The summed E-state index contributed by atoms with van der Waals surface area (Å²) in [6.07, 6.45) is 5.42. The molecule has 0 atom stereocenters. The van der Waals surface area contributed by atoms with E-state index in [0.717, 1.165) is 23.7 Å². The third-order valence-corrected chi connectivity index (χ3v) is 5.61. The van der Waals surface area contributed by atoms with Crippen LogP contribution in [0.5, 0.6) is 0 Å². The Morgan fingerprint density at radius 3 is 2.89 bits per heavy atom. The molecule has 0 bridgehead atoms. The second kappa shape index (κ2) is 8.25. The first kappa shape index (κ1) is 15.3. The quantitative estimate of drug-likeness (QED) is 0.796. The summed E-state index contributed by atoms with van der Waals surface area (Å²) < 4.78 is 5.27. The fourth-order valence-electron chi connectivity index (χ4n) is 2.44. The lowest BCUT2D eigenvalue weighted by atomic mass is 10.2. The van der Waals surface area contributed by atoms with Crippen molar-refractivity contribution in [2.24, 2.45) is 0 Å². The predicted molar refractivity (Wildman–Crippen MR) is 83.8 cm³/mol. The Kier molecular flexibility index (Phi) is 6.64. The van der Waals surface area contributed by atoms with Crippen molar-refractivity contribution in [3.8, 4) is 0 Å². The molecule has 108 valence electrons. The first-order valence-electron chi connectivity index (χ1n) is 7.11. The Hall–Kier alpha value is -0.100. The molecule has 2 rings (SSSR count). The van der Waals surface area contributed by atoms with E-state index in [0.29, 0.717) is 12.6 Å². The maximum Gasteiger partial charge on any atom is 0.103 e. The highest BCUT2D eigenvalue weighted by molar-refractivity contribution is 7.98. The summed E-state index contributed by atoms with van der Waals surface area (Å²) in [7, 11) is 1.74. The molecule has 0 aliphatic heterocycles. The predicted octanol–water partition coefficient (Wildman–Crippen LogP) is 3.57. The van der Waals surface area contributed by atoms with Gasteiger partial charge in [-0.1, -0.05) is 19.8 Å². The fraction of sp³-hybridized carbons (Fsp3) is 0.786. The number of nitrogens with one attached hydrogen (secondary N) is 1. The number of hydrogen-bond acceptors (Lipinski definition) is 5. The highest BCUT2D eigenvalue weighted by Gasteiger charge is 2.16. The first-order valence-corrected chi connectivity index (χ1v) is 9.08. The molecule has 1 aromatic heterocycles. The van der Waals surface area contributed by atoms with Gasteiger partial charge in [-0.3, -0.25) is 0 Å². The third kappa shape index (κ3) is 4.74. The molecule has 1 aliphatic rings. The second-order valence-corrected chi connectivity index (χ2v) is 7.35. The van der Waals surface area contributed by atoms with E-state index in [9.17, 15) is 0 Å². The summed E-state index contributed by atoms with van der Waals surface area (Å²) in [4.78, 5) is 6.08. The molecule has 1 heterocycles. The van der Waals surface area contributed by atoms with Gasteiger partial charge in [-0.05, 0) is 18.6 Å². The van der Waals surface area contributed by atoms with Crippen LogP contribution in [0.25, 0.3) is 0 Å². The molecule has 1 aliphatic carbocycles. The fourth-order valence-corrected chi connectivity index (χ4v) is 4.19. The largest absolute Gasteiger partial charge is 0.378 e. The van der Waals surface area contributed by atoms with E-state index in [2.05, 4.69) is 12.2 Å². The van der Waals surface area contributed by atoms with Crippen LogP contribution in [0, 0.1) is 0 Å². The van der Waals surface area contributed by atoms with E-state index in [1.54, 1.807) is 7.11 Å². The maximum absolute atomic E-state index is 5.27. The smallest absolute Gasteiger partial charge is 0.103 e. The van der Waals surface area contributed by atoms with Crippen molar-refractivity contribution in [2.75, 3.05) is 12.9 Å². The van der Waals surface area contributed by atoms with Gasteiger partial charge in [0.25, 0.3) is 0 Å². The lowest BCUT2D eigenvalue weighted by Gasteiger charge is -2.11. The van der Waals surface area contributed by atoms with Crippen LogP contribution in [0.3, 0.4) is 0 Å². The van der Waals surface area contributed by atoms with Gasteiger partial charge in [0.15, 0.2) is 0 Å². The van der Waals surface area contributed by atoms with E-state index in [4.69, 9.17) is 9.72 Å². The lowest BCUT2D eigenvalue weighted by molar-refractivity contribution is 0.181. The Morgan fingerprint density at radius 2 is 2.21 bits per heavy atom. The summed E-state index contributed by atoms with van der Waals surface area (Å²) >= 11 is 3.78. The van der Waals surface area contributed by atoms with Crippen molar-refractivity contribution in [3.63, 3.8) is 0 Å². The van der Waals surface area contributed by atoms with Crippen molar-refractivity contribution in [1.82, 2.24) is 10.3 Å². The minimum Gasteiger partial charge on any atom is -0.378 e. The highest BCUT2D eigenvalue weighted by Crippen LogP contribution is 2.24. The molecule has 3 nitrogen and oxygen atoms in total. The minimum absolute atomic E-state index is 0.634. The van der Waals surface area contributed by atoms with Gasteiger partial charge in [0.1, 0.15) is 5.01 Å². The molecule has 1 N–H and O–H groups in total. The normalized spacial score (nSPS) is 16.3. The van der Waals surface area contributed by atoms with E-state index in [1.807, 2.05) is 23.1 Å². The Labute approximate surface area is 124 Å². The Morgan fingerprint density at radius 1 is 1.42 bits per heavy atom. The molecule has 0 radical (unpaired) electrons. The van der Waals surface area contributed by atoms with E-state index in [1.165, 1.54) is 35.6 Å². The van der Waals surface area contributed by atoms with Gasteiger partial charge < -0.3 is 10.1 Å². The van der Waals surface area contributed by atoms with E-state index < -0.39 is 0 Å². The molecular formula is C14H24N2OS2. The van der Waals surface area contributed by atoms with Gasteiger partial charge in [-0.2, -0.15) is 11.8 Å². The molecule has 0 unspecified atom stereocenters. The summed E-state index contributed by atoms with van der Waals surface area (Å²) in [6.45, 7) is 3.78. The Bertz CT molecular complexity index is 376. The molecular weight excluding hydrogens is 276 g/mol. The van der Waals surface area contributed by atoms with E-state index >= 15 is 0 Å². The van der Waals surface area contributed by atoms with Crippen molar-refractivity contribution in [1.29, 1.82) is 0 Å². The van der Waals surface area contributed by atoms with Crippen molar-refractivity contribution in [2.45, 2.75) is 57.6 Å². The van der Waals surface area contributed by atoms with Crippen LogP contribution in [0.4, 0.5) is 0 Å². The highest BCUT2D eigenvalue weighted by atomic mass is 32.2. The van der Waals surface area contributed by atoms with Crippen LogP contribution in [-0.4, -0.2) is 23.9 Å². The number of rotatable bonds is 8. The molecule has 0 saturated heterocycles. The zero-order valence-corrected chi connectivity index (χ0v) is 13.5. The van der Waals surface area contributed by atoms with Crippen molar-refractivity contribution in [3.05, 3.63) is 15.6 Å². The van der Waals surface area contributed by atoms with Crippen molar-refractivity contribution >= 4 is 23.1 Å². The van der Waals surface area contributed by atoms with Gasteiger partial charge in [0.05, 0.1) is 12.3 Å². The number of ether oxygens (including phenoxy) is 1. The number of nitrogens with zero attached hydrogens (tertiary/aromatic N) is 1. The maximum atomic E-state index is 5.27. The number of aromatic nitrogens is 1. The molecule has 1 fully saturated rings. The van der Waals surface area contributed by atoms with Crippen LogP contribution in [-0.2, 0) is 23.6 Å². The number of hydrogen-bond donors (Lipinski definition) is 1. The Balaban J connectivity index is 1.93. The van der Waals surface area contributed by atoms with Crippen LogP contribution >= 0.6 is 23.1 Å². The zero-order valence-electron chi connectivity index (χ0n) is 11.9. The SMILES string of the molecule is CCSCc1nc(COC)c(CNC2CCCC2)s1. The van der Waals surface area contributed by atoms with Crippen LogP contribution in [0.1, 0.15) is 48.2 Å². The molecule has 1 aromatic rings. The molecule has 0 aromatic carbocycles. The molecule has 19 heavy (non-hydrogen) atoms. The molecule has 0 spiro atoms. The van der Waals surface area contributed by atoms with E-state index in [-0.39, 0.29) is 0 Å². The first-order chi connectivity index (χ1) is 9.33. The minimum atomic E-state index is 0.634. The summed E-state index contributed by atoms with van der Waals surface area (Å²) in [6, 6.07) is 0.714. The van der Waals surface area contributed by atoms with Crippen LogP contribution in [0.15, 0.2) is 0 Å². The number of methoxy groups -OCH3 is 1. The van der Waals surface area contributed by atoms with Crippen LogP contribution < -0.4 is 5.32 Å². The molecule has 0 amide bonds. The summed E-state index contributed by atoms with van der Waals surface area (Å²) in [5, 5.41) is 4.91. The average molecular weight is 300 g/mol. The molecule has 5 heteroatoms. The lowest BCUT2D eigenvalue weighted by Crippen LogP contribution is -2.25. The monoisotopic (exact) mass is 300 g/mol. The number of thioether (sulfide) groups is 1. The average Bonchev–Trinajstić information content (AvgIpc) is 3.04. The summed E-state index contributed by atoms with van der Waals surface area (Å²) in [5.41, 5.74) is 1.13. The van der Waals surface area contributed by atoms with Gasteiger partial charge in [0, 0.05) is 30.3 Å². The van der Waals surface area contributed by atoms with Gasteiger partial charge in [-0.15, -0.1) is 11.3 Å². The summed E-state index contributed by atoms with van der Waals surface area (Å²) in [5.74, 6) is 2.18. The molecule has 1 saturated carbocycles. The van der Waals surface area contributed by atoms with Gasteiger partial charge in [-0.25, -0.2) is 4.98 Å². The third-order valence-electron chi connectivity index (χ3n) is 3.44. The van der Waals surface area contributed by atoms with Crippen molar-refractivity contribution < 1.29 is 4.74 Å². The standard InChI is InChI=1S/C14H24N2OS2/c1-3-18-10-14-16-12(9-17-2)13(19-14)8-15-11-6-4-5-7-11/h11,15H,3-10H2,1-2H3. The zero-order chi connectivity index (χ0) is 13.5. The van der Waals surface area contributed by atoms with Gasteiger partial charge >= 0.3 is 0 Å².